The van der Waals surface area contributed by atoms with Crippen LogP contribution in [-0.2, 0) is 9.53 Å². The van der Waals surface area contributed by atoms with Gasteiger partial charge in [-0.2, -0.15) is 0 Å². The quantitative estimate of drug-likeness (QED) is 0.361. The highest BCUT2D eigenvalue weighted by Gasteiger charge is 2.08. The summed E-state index contributed by atoms with van der Waals surface area (Å²) >= 11 is 0. The zero-order chi connectivity index (χ0) is 19.7. The topological polar surface area (TPSA) is 35.5 Å². The molecule has 0 saturated heterocycles. The molecular formula is C23H30O3. The second-order valence-corrected chi connectivity index (χ2v) is 6.30. The third-order valence-electron chi connectivity index (χ3n) is 4.19. The van der Waals surface area contributed by atoms with Crippen LogP contribution in [0.1, 0.15) is 43.0 Å². The number of allylic oxidation sites excluding steroid dienone is 6. The minimum atomic E-state index is -0.309. The van der Waals surface area contributed by atoms with Crippen LogP contribution in [0.3, 0.4) is 0 Å². The number of carbonyl (C=O) groups is 1. The van der Waals surface area contributed by atoms with Crippen LogP contribution in [0.5, 0.6) is 5.75 Å². The highest BCUT2D eigenvalue weighted by molar-refractivity contribution is 5.83. The predicted octanol–water partition coefficient (Wildman–Crippen LogP) is 5.65. The van der Waals surface area contributed by atoms with Crippen LogP contribution in [0.2, 0.25) is 0 Å². The van der Waals surface area contributed by atoms with E-state index in [9.17, 15) is 4.79 Å². The molecule has 0 heterocycles. The number of hydrogen-bond donors (Lipinski definition) is 0. The first kappa shape index (κ1) is 21.5. The predicted molar refractivity (Wildman–Crippen MR) is 110 cm³/mol. The minimum absolute atomic E-state index is 0.309. The zero-order valence-electron chi connectivity index (χ0n) is 17.0. The summed E-state index contributed by atoms with van der Waals surface area (Å²) in [4.78, 5) is 11.4. The Labute approximate surface area is 157 Å². The first-order chi connectivity index (χ1) is 12.3. The number of benzene rings is 1. The molecule has 26 heavy (non-hydrogen) atoms. The monoisotopic (exact) mass is 354 g/mol. The van der Waals surface area contributed by atoms with Crippen molar-refractivity contribution in [1.29, 1.82) is 0 Å². The number of hydrogen-bond acceptors (Lipinski definition) is 3. The smallest absolute Gasteiger partial charge is 0.330 e. The average molecular weight is 354 g/mol. The summed E-state index contributed by atoms with van der Waals surface area (Å²) in [5.74, 6) is 0.618. The lowest BCUT2D eigenvalue weighted by molar-refractivity contribution is -0.137. The van der Waals surface area contributed by atoms with Gasteiger partial charge in [-0.15, -0.1) is 0 Å². The van der Waals surface area contributed by atoms with E-state index in [0.29, 0.717) is 6.61 Å². The van der Waals surface area contributed by atoms with E-state index in [4.69, 9.17) is 9.47 Å². The van der Waals surface area contributed by atoms with Crippen molar-refractivity contribution < 1.29 is 14.3 Å². The summed E-state index contributed by atoms with van der Waals surface area (Å²) in [5, 5.41) is 0. The summed E-state index contributed by atoms with van der Waals surface area (Å²) < 4.78 is 10.3. The normalized spacial score (nSPS) is 12.9. The molecule has 0 atom stereocenters. The molecule has 0 unspecified atom stereocenters. The van der Waals surface area contributed by atoms with E-state index in [1.165, 1.54) is 28.3 Å². The molecule has 0 radical (unpaired) electrons. The number of rotatable bonds is 7. The molecule has 0 bridgehead atoms. The van der Waals surface area contributed by atoms with Crippen molar-refractivity contribution in [3.63, 3.8) is 0 Å². The maximum Gasteiger partial charge on any atom is 0.330 e. The van der Waals surface area contributed by atoms with Gasteiger partial charge in [-0.05, 0) is 75.4 Å². The molecule has 0 N–H and O–H groups in total. The Hall–Kier alpha value is -2.55. The van der Waals surface area contributed by atoms with Crippen LogP contribution >= 0.6 is 0 Å². The maximum atomic E-state index is 11.4. The van der Waals surface area contributed by atoms with Crippen molar-refractivity contribution in [2.24, 2.45) is 0 Å². The van der Waals surface area contributed by atoms with Gasteiger partial charge in [0, 0.05) is 6.08 Å². The standard InChI is InChI=1S/C23H30O3/c1-8-26-23(24)14-17(3)11-9-10-16(2)12-13-21-18(4)15-22(25-7)20(6)19(21)5/h9-15H,8H2,1-7H3/b11-9-,13-12+,16-10+,17-14+. The number of esters is 1. The van der Waals surface area contributed by atoms with Gasteiger partial charge >= 0.3 is 5.97 Å². The van der Waals surface area contributed by atoms with Crippen molar-refractivity contribution >= 4 is 12.0 Å². The zero-order valence-corrected chi connectivity index (χ0v) is 17.0. The van der Waals surface area contributed by atoms with Gasteiger partial charge in [0.2, 0.25) is 0 Å². The lowest BCUT2D eigenvalue weighted by Gasteiger charge is -2.13. The molecule has 140 valence electrons. The Kier molecular flexibility index (Phi) is 8.63. The lowest BCUT2D eigenvalue weighted by atomic mass is 9.96. The van der Waals surface area contributed by atoms with Gasteiger partial charge in [0.05, 0.1) is 13.7 Å². The van der Waals surface area contributed by atoms with Crippen LogP contribution in [0, 0.1) is 20.8 Å². The van der Waals surface area contributed by atoms with Crippen LogP contribution in [-0.4, -0.2) is 19.7 Å². The van der Waals surface area contributed by atoms with E-state index in [1.54, 1.807) is 14.0 Å². The maximum absolute atomic E-state index is 11.4. The molecule has 3 nitrogen and oxygen atoms in total. The van der Waals surface area contributed by atoms with E-state index in [-0.39, 0.29) is 5.97 Å². The van der Waals surface area contributed by atoms with Crippen molar-refractivity contribution in [2.45, 2.75) is 41.5 Å². The molecule has 0 fully saturated rings. The van der Waals surface area contributed by atoms with E-state index >= 15 is 0 Å². The Bertz CT molecular complexity index is 762. The molecule has 1 aromatic rings. The fourth-order valence-corrected chi connectivity index (χ4v) is 2.57. The summed E-state index contributed by atoms with van der Waals surface area (Å²) in [7, 11) is 1.70. The number of methoxy groups -OCH3 is 1. The number of ether oxygens (including phenoxy) is 2. The molecule has 0 spiro atoms. The fraction of sp³-hybridized carbons (Fsp3) is 0.348. The Morgan fingerprint density at radius 3 is 2.38 bits per heavy atom. The van der Waals surface area contributed by atoms with Crippen LogP contribution in [0.4, 0.5) is 0 Å². The van der Waals surface area contributed by atoms with E-state index in [0.717, 1.165) is 16.9 Å². The summed E-state index contributed by atoms with van der Waals surface area (Å²) in [5.41, 5.74) is 6.79. The van der Waals surface area contributed by atoms with E-state index in [2.05, 4.69) is 39.0 Å². The van der Waals surface area contributed by atoms with E-state index < -0.39 is 0 Å². The van der Waals surface area contributed by atoms with Gasteiger partial charge < -0.3 is 9.47 Å². The first-order valence-corrected chi connectivity index (χ1v) is 8.83. The SMILES string of the molecule is CCOC(=O)/C=C(C)/C=C\C=C(C)\C=C\c1c(C)cc(OC)c(C)c1C. The minimum Gasteiger partial charge on any atom is -0.496 e. The number of carbonyl (C=O) groups excluding carboxylic acids is 1. The first-order valence-electron chi connectivity index (χ1n) is 8.83. The van der Waals surface area contributed by atoms with Gasteiger partial charge in [0.1, 0.15) is 5.75 Å². The fourth-order valence-electron chi connectivity index (χ4n) is 2.57. The summed E-state index contributed by atoms with van der Waals surface area (Å²) in [6.45, 7) is 12.4. The highest BCUT2D eigenvalue weighted by Crippen LogP contribution is 2.28. The van der Waals surface area contributed by atoms with Gasteiger partial charge in [-0.25, -0.2) is 4.79 Å². The van der Waals surface area contributed by atoms with Gasteiger partial charge in [0.15, 0.2) is 0 Å². The molecule has 0 saturated carbocycles. The third-order valence-corrected chi connectivity index (χ3v) is 4.19. The second-order valence-electron chi connectivity index (χ2n) is 6.30. The van der Waals surface area contributed by atoms with Crippen molar-refractivity contribution in [2.75, 3.05) is 13.7 Å². The van der Waals surface area contributed by atoms with Crippen molar-refractivity contribution in [3.05, 3.63) is 69.8 Å². The molecule has 0 aromatic heterocycles. The Balaban J connectivity index is 2.89. The third kappa shape index (κ3) is 6.40. The summed E-state index contributed by atoms with van der Waals surface area (Å²) in [6.07, 6.45) is 11.6. The summed E-state index contributed by atoms with van der Waals surface area (Å²) in [6, 6.07) is 2.07. The van der Waals surface area contributed by atoms with Crippen LogP contribution in [0.15, 0.2) is 47.6 Å². The van der Waals surface area contributed by atoms with Gasteiger partial charge in [0.25, 0.3) is 0 Å². The molecule has 3 heteroatoms. The Morgan fingerprint density at radius 2 is 1.77 bits per heavy atom. The molecule has 1 aromatic carbocycles. The molecule has 0 aliphatic heterocycles. The van der Waals surface area contributed by atoms with Crippen molar-refractivity contribution in [1.82, 2.24) is 0 Å². The molecular weight excluding hydrogens is 324 g/mol. The van der Waals surface area contributed by atoms with Crippen molar-refractivity contribution in [3.8, 4) is 5.75 Å². The highest BCUT2D eigenvalue weighted by atomic mass is 16.5. The molecule has 0 aliphatic rings. The lowest BCUT2D eigenvalue weighted by Crippen LogP contribution is -1.99. The molecule has 1 rings (SSSR count). The van der Waals surface area contributed by atoms with Crippen LogP contribution in [0.25, 0.3) is 6.08 Å². The van der Waals surface area contributed by atoms with Gasteiger partial charge in [-0.1, -0.05) is 36.0 Å². The van der Waals surface area contributed by atoms with Crippen LogP contribution < -0.4 is 4.74 Å². The molecule has 0 amide bonds. The molecule has 0 aliphatic carbocycles. The Morgan fingerprint density at radius 1 is 1.08 bits per heavy atom. The van der Waals surface area contributed by atoms with E-state index in [1.807, 2.05) is 32.1 Å². The number of aryl methyl sites for hydroxylation is 1. The largest absolute Gasteiger partial charge is 0.496 e. The van der Waals surface area contributed by atoms with Gasteiger partial charge in [-0.3, -0.25) is 0 Å². The average Bonchev–Trinajstić information content (AvgIpc) is 2.58. The second kappa shape index (κ2) is 10.4.